The molecule has 0 radical (unpaired) electrons. The fourth-order valence-corrected chi connectivity index (χ4v) is 4.22. The first kappa shape index (κ1) is 19.2. The third kappa shape index (κ3) is 3.63. The number of rotatable bonds is 6. The van der Waals surface area contributed by atoms with E-state index in [-0.39, 0.29) is 17.9 Å². The monoisotopic (exact) mass is 386 g/mol. The largest absolute Gasteiger partial charge is 0.350 e. The summed E-state index contributed by atoms with van der Waals surface area (Å²) >= 11 is 0. The molecule has 3 aromatic rings. The molecule has 148 valence electrons. The van der Waals surface area contributed by atoms with Crippen LogP contribution in [-0.2, 0) is 4.79 Å². The van der Waals surface area contributed by atoms with E-state index < -0.39 is 0 Å². The van der Waals surface area contributed by atoms with Gasteiger partial charge in [0.25, 0.3) is 5.91 Å². The SMILES string of the molecule is Cc1ccc(C)c([C@@H](C)NC(=O)CCCN2C(=O)c3cccc4cccc2c34)c1. The van der Waals surface area contributed by atoms with Gasteiger partial charge < -0.3 is 10.2 Å². The normalized spacial score (nSPS) is 13.8. The van der Waals surface area contributed by atoms with Crippen molar-refractivity contribution >= 4 is 28.3 Å². The lowest BCUT2D eigenvalue weighted by Crippen LogP contribution is -2.30. The van der Waals surface area contributed by atoms with Crippen LogP contribution in [0.25, 0.3) is 10.8 Å². The second-order valence-corrected chi connectivity index (χ2v) is 7.89. The molecular weight excluding hydrogens is 360 g/mol. The van der Waals surface area contributed by atoms with Gasteiger partial charge in [0.2, 0.25) is 5.91 Å². The van der Waals surface area contributed by atoms with E-state index >= 15 is 0 Å². The second-order valence-electron chi connectivity index (χ2n) is 7.89. The first-order valence-corrected chi connectivity index (χ1v) is 10.2. The number of amides is 2. The molecular formula is C25H26N2O2. The maximum absolute atomic E-state index is 12.8. The molecule has 4 heteroatoms. The van der Waals surface area contributed by atoms with E-state index in [1.807, 2.05) is 43.3 Å². The predicted octanol–water partition coefficient (Wildman–Crippen LogP) is 5.07. The van der Waals surface area contributed by atoms with Crippen LogP contribution in [0.2, 0.25) is 0 Å². The lowest BCUT2D eigenvalue weighted by atomic mass is 10.00. The van der Waals surface area contributed by atoms with Gasteiger partial charge in [-0.15, -0.1) is 0 Å². The van der Waals surface area contributed by atoms with E-state index in [2.05, 4.69) is 37.4 Å². The van der Waals surface area contributed by atoms with Crippen molar-refractivity contribution in [2.75, 3.05) is 11.4 Å². The second kappa shape index (κ2) is 7.70. The highest BCUT2D eigenvalue weighted by molar-refractivity contribution is 6.25. The Morgan fingerprint density at radius 2 is 1.83 bits per heavy atom. The van der Waals surface area contributed by atoms with Gasteiger partial charge in [-0.25, -0.2) is 0 Å². The van der Waals surface area contributed by atoms with Gasteiger partial charge in [-0.2, -0.15) is 0 Å². The van der Waals surface area contributed by atoms with Gasteiger partial charge in [-0.05, 0) is 55.8 Å². The van der Waals surface area contributed by atoms with Gasteiger partial charge in [0, 0.05) is 23.9 Å². The van der Waals surface area contributed by atoms with Crippen LogP contribution in [-0.4, -0.2) is 18.4 Å². The molecule has 0 bridgehead atoms. The Balaban J connectivity index is 1.37. The van der Waals surface area contributed by atoms with Gasteiger partial charge in [-0.1, -0.05) is 48.0 Å². The summed E-state index contributed by atoms with van der Waals surface area (Å²) in [6.07, 6.45) is 1.02. The summed E-state index contributed by atoms with van der Waals surface area (Å²) < 4.78 is 0. The van der Waals surface area contributed by atoms with Crippen LogP contribution < -0.4 is 10.2 Å². The third-order valence-corrected chi connectivity index (χ3v) is 5.71. The van der Waals surface area contributed by atoms with E-state index in [0.717, 1.165) is 27.6 Å². The summed E-state index contributed by atoms with van der Waals surface area (Å²) in [4.78, 5) is 27.1. The molecule has 1 heterocycles. The van der Waals surface area contributed by atoms with Crippen molar-refractivity contribution in [2.24, 2.45) is 0 Å². The zero-order valence-corrected chi connectivity index (χ0v) is 17.2. The number of anilines is 1. The molecule has 4 nitrogen and oxygen atoms in total. The van der Waals surface area contributed by atoms with Crippen LogP contribution in [0, 0.1) is 13.8 Å². The van der Waals surface area contributed by atoms with Crippen LogP contribution in [0.4, 0.5) is 5.69 Å². The summed E-state index contributed by atoms with van der Waals surface area (Å²) in [5.41, 5.74) is 5.22. The highest BCUT2D eigenvalue weighted by Gasteiger charge is 2.29. The number of hydrogen-bond donors (Lipinski definition) is 1. The Bertz CT molecular complexity index is 1100. The Hall–Kier alpha value is -3.14. The Morgan fingerprint density at radius 3 is 2.62 bits per heavy atom. The molecule has 1 aliphatic rings. The molecule has 0 aromatic heterocycles. The highest BCUT2D eigenvalue weighted by Crippen LogP contribution is 2.37. The molecule has 29 heavy (non-hydrogen) atoms. The number of carbonyl (C=O) groups excluding carboxylic acids is 2. The molecule has 1 N–H and O–H groups in total. The molecule has 0 saturated carbocycles. The lowest BCUT2D eigenvalue weighted by molar-refractivity contribution is -0.121. The van der Waals surface area contributed by atoms with Gasteiger partial charge >= 0.3 is 0 Å². The highest BCUT2D eigenvalue weighted by atomic mass is 16.2. The van der Waals surface area contributed by atoms with E-state index in [9.17, 15) is 9.59 Å². The molecule has 4 rings (SSSR count). The van der Waals surface area contributed by atoms with E-state index in [1.165, 1.54) is 11.1 Å². The zero-order valence-electron chi connectivity index (χ0n) is 17.2. The summed E-state index contributed by atoms with van der Waals surface area (Å²) in [5, 5.41) is 5.20. The Morgan fingerprint density at radius 1 is 1.07 bits per heavy atom. The fourth-order valence-electron chi connectivity index (χ4n) is 4.22. The number of aryl methyl sites for hydroxylation is 2. The van der Waals surface area contributed by atoms with Gasteiger partial charge in [0.15, 0.2) is 0 Å². The summed E-state index contributed by atoms with van der Waals surface area (Å²) in [6.45, 7) is 6.68. The van der Waals surface area contributed by atoms with Crippen molar-refractivity contribution in [2.45, 2.75) is 39.7 Å². The molecule has 0 aliphatic carbocycles. The minimum absolute atomic E-state index is 0.0146. The maximum atomic E-state index is 12.8. The van der Waals surface area contributed by atoms with E-state index in [0.29, 0.717) is 19.4 Å². The predicted molar refractivity (Wildman–Crippen MR) is 117 cm³/mol. The van der Waals surface area contributed by atoms with Crippen molar-refractivity contribution in [3.63, 3.8) is 0 Å². The quantitative estimate of drug-likeness (QED) is 0.643. The van der Waals surface area contributed by atoms with Gasteiger partial charge in [0.1, 0.15) is 0 Å². The fraction of sp³-hybridized carbons (Fsp3) is 0.280. The average molecular weight is 386 g/mol. The Labute approximate surface area is 171 Å². The van der Waals surface area contributed by atoms with Crippen LogP contribution >= 0.6 is 0 Å². The molecule has 1 atom stereocenters. The molecule has 3 aromatic carbocycles. The zero-order chi connectivity index (χ0) is 20.5. The number of hydrogen-bond acceptors (Lipinski definition) is 2. The van der Waals surface area contributed by atoms with Crippen LogP contribution in [0.3, 0.4) is 0 Å². The summed E-state index contributed by atoms with van der Waals surface area (Å²) in [6, 6.07) is 18.1. The molecule has 2 amide bonds. The minimum Gasteiger partial charge on any atom is -0.350 e. The molecule has 1 aliphatic heterocycles. The van der Waals surface area contributed by atoms with Crippen molar-refractivity contribution in [1.82, 2.24) is 5.32 Å². The van der Waals surface area contributed by atoms with Crippen molar-refractivity contribution < 1.29 is 9.59 Å². The first-order valence-electron chi connectivity index (χ1n) is 10.2. The van der Waals surface area contributed by atoms with Crippen LogP contribution in [0.1, 0.15) is 52.9 Å². The standard InChI is InChI=1S/C25H26N2O2/c1-16-12-13-17(2)21(15-16)18(3)26-23(28)11-6-14-27-22-10-5-8-19-7-4-9-20(24(19)22)25(27)29/h4-5,7-10,12-13,15,18H,6,11,14H2,1-3H3,(H,26,28)/t18-/m1/s1. The molecule has 0 spiro atoms. The summed E-state index contributed by atoms with van der Waals surface area (Å²) in [7, 11) is 0. The summed E-state index contributed by atoms with van der Waals surface area (Å²) in [5.74, 6) is 0.0433. The van der Waals surface area contributed by atoms with Crippen LogP contribution in [0.15, 0.2) is 54.6 Å². The average Bonchev–Trinajstić information content (AvgIpc) is 2.98. The van der Waals surface area contributed by atoms with E-state index in [4.69, 9.17) is 0 Å². The van der Waals surface area contributed by atoms with Crippen molar-refractivity contribution in [1.29, 1.82) is 0 Å². The topological polar surface area (TPSA) is 49.4 Å². The van der Waals surface area contributed by atoms with E-state index in [1.54, 1.807) is 4.90 Å². The lowest BCUT2D eigenvalue weighted by Gasteiger charge is -2.19. The van der Waals surface area contributed by atoms with Crippen molar-refractivity contribution in [3.8, 4) is 0 Å². The number of benzene rings is 3. The maximum Gasteiger partial charge on any atom is 0.258 e. The first-order chi connectivity index (χ1) is 14.0. The van der Waals surface area contributed by atoms with Gasteiger partial charge in [0.05, 0.1) is 11.7 Å². The number of nitrogens with zero attached hydrogens (tertiary/aromatic N) is 1. The third-order valence-electron chi connectivity index (χ3n) is 5.71. The minimum atomic E-state index is -0.0335. The molecule has 0 fully saturated rings. The number of carbonyl (C=O) groups is 2. The number of nitrogens with one attached hydrogen (secondary N) is 1. The van der Waals surface area contributed by atoms with Gasteiger partial charge in [-0.3, -0.25) is 9.59 Å². The van der Waals surface area contributed by atoms with Crippen molar-refractivity contribution in [3.05, 3.63) is 76.9 Å². The molecule has 0 unspecified atom stereocenters. The molecule has 0 saturated heterocycles. The smallest absolute Gasteiger partial charge is 0.258 e. The van der Waals surface area contributed by atoms with Crippen LogP contribution in [0.5, 0.6) is 0 Å². The Kier molecular flexibility index (Phi) is 5.10.